The number of hydrogen-bond donors (Lipinski definition) is 2. The second-order valence-corrected chi connectivity index (χ2v) is 6.20. The lowest BCUT2D eigenvalue weighted by Crippen LogP contribution is -2.50. The maximum absolute atomic E-state index is 11.7. The van der Waals surface area contributed by atoms with Crippen LogP contribution in [0.2, 0.25) is 0 Å². The molecule has 1 aliphatic carbocycles. The second-order valence-electron chi connectivity index (χ2n) is 6.20. The molecule has 0 saturated carbocycles. The molecule has 3 atom stereocenters. The minimum Gasteiger partial charge on any atom is -0.480 e. The molecule has 0 fully saturated rings. The van der Waals surface area contributed by atoms with E-state index in [-0.39, 0.29) is 6.10 Å². The van der Waals surface area contributed by atoms with Crippen LogP contribution in [-0.4, -0.2) is 41.0 Å². The van der Waals surface area contributed by atoms with Gasteiger partial charge in [-0.2, -0.15) is 0 Å². The van der Waals surface area contributed by atoms with E-state index in [4.69, 9.17) is 9.47 Å². The summed E-state index contributed by atoms with van der Waals surface area (Å²) >= 11 is 0. The predicted molar refractivity (Wildman–Crippen MR) is 78.1 cm³/mol. The van der Waals surface area contributed by atoms with Crippen molar-refractivity contribution in [2.75, 3.05) is 0 Å². The van der Waals surface area contributed by atoms with Crippen LogP contribution < -0.4 is 5.32 Å². The molecule has 0 radical (unpaired) electrons. The summed E-state index contributed by atoms with van der Waals surface area (Å²) in [4.78, 5) is 23.0. The van der Waals surface area contributed by atoms with Crippen molar-refractivity contribution in [3.8, 4) is 0 Å². The van der Waals surface area contributed by atoms with Crippen molar-refractivity contribution < 1.29 is 24.2 Å². The summed E-state index contributed by atoms with van der Waals surface area (Å²) in [6.45, 7) is 6.79. The second kappa shape index (κ2) is 7.45. The molecule has 0 aromatic heterocycles. The normalized spacial score (nSPS) is 21.4. The summed E-state index contributed by atoms with van der Waals surface area (Å²) in [7, 11) is 0. The van der Waals surface area contributed by atoms with Crippen molar-refractivity contribution in [2.24, 2.45) is 0 Å². The highest BCUT2D eigenvalue weighted by molar-refractivity contribution is 5.80. The van der Waals surface area contributed by atoms with Gasteiger partial charge in [0.1, 0.15) is 5.60 Å². The van der Waals surface area contributed by atoms with Gasteiger partial charge in [-0.05, 0) is 47.0 Å². The smallest absolute Gasteiger partial charge is 0.408 e. The molecule has 120 valence electrons. The van der Waals surface area contributed by atoms with Gasteiger partial charge in [-0.3, -0.25) is 0 Å². The number of allylic oxidation sites excluding steroid dienone is 1. The number of alkyl carbamates (subject to hydrolysis) is 1. The summed E-state index contributed by atoms with van der Waals surface area (Å²) in [6.07, 6.45) is 5.35. The van der Waals surface area contributed by atoms with Crippen LogP contribution in [0, 0.1) is 0 Å². The molecule has 0 saturated heterocycles. The van der Waals surface area contributed by atoms with Crippen molar-refractivity contribution >= 4 is 12.1 Å². The molecule has 0 aromatic rings. The van der Waals surface area contributed by atoms with Crippen molar-refractivity contribution in [3.05, 3.63) is 12.2 Å². The fraction of sp³-hybridized carbons (Fsp3) is 0.733. The summed E-state index contributed by atoms with van der Waals surface area (Å²) in [5, 5.41) is 11.6. The summed E-state index contributed by atoms with van der Waals surface area (Å²) in [6, 6.07) is -1.14. The van der Waals surface area contributed by atoms with E-state index >= 15 is 0 Å². The van der Waals surface area contributed by atoms with Gasteiger partial charge in [0.05, 0.1) is 12.2 Å². The lowest BCUT2D eigenvalue weighted by molar-refractivity contribution is -0.144. The summed E-state index contributed by atoms with van der Waals surface area (Å²) < 4.78 is 10.8. The van der Waals surface area contributed by atoms with E-state index in [1.165, 1.54) is 0 Å². The first-order valence-corrected chi connectivity index (χ1v) is 7.23. The van der Waals surface area contributed by atoms with Crippen molar-refractivity contribution in [3.63, 3.8) is 0 Å². The molecular formula is C15H25NO5. The Hall–Kier alpha value is -1.56. The Balaban J connectivity index is 2.59. The number of carboxylic acid groups (broad SMARTS) is 1. The highest BCUT2D eigenvalue weighted by atomic mass is 16.6. The molecule has 6 nitrogen and oxygen atoms in total. The Morgan fingerprint density at radius 1 is 1.38 bits per heavy atom. The number of ether oxygens (including phenoxy) is 2. The quantitative estimate of drug-likeness (QED) is 0.762. The van der Waals surface area contributed by atoms with E-state index in [1.54, 1.807) is 27.7 Å². The largest absolute Gasteiger partial charge is 0.480 e. The Morgan fingerprint density at radius 3 is 2.52 bits per heavy atom. The van der Waals surface area contributed by atoms with Gasteiger partial charge in [-0.1, -0.05) is 12.2 Å². The van der Waals surface area contributed by atoms with Crippen LogP contribution in [0.5, 0.6) is 0 Å². The fourth-order valence-corrected chi connectivity index (χ4v) is 2.06. The van der Waals surface area contributed by atoms with E-state index in [2.05, 4.69) is 5.32 Å². The van der Waals surface area contributed by atoms with Crippen LogP contribution in [0.4, 0.5) is 4.79 Å². The number of aliphatic carboxylic acids is 1. The fourth-order valence-electron chi connectivity index (χ4n) is 2.06. The highest BCUT2D eigenvalue weighted by Crippen LogP contribution is 2.17. The van der Waals surface area contributed by atoms with Gasteiger partial charge in [0.15, 0.2) is 6.04 Å². The van der Waals surface area contributed by atoms with Gasteiger partial charge in [0, 0.05) is 0 Å². The summed E-state index contributed by atoms with van der Waals surface area (Å²) in [5.41, 5.74) is -0.677. The van der Waals surface area contributed by atoms with Crippen molar-refractivity contribution in [1.29, 1.82) is 0 Å². The number of carboxylic acids is 1. The van der Waals surface area contributed by atoms with Crippen molar-refractivity contribution in [2.45, 2.75) is 70.8 Å². The van der Waals surface area contributed by atoms with Crippen molar-refractivity contribution in [1.82, 2.24) is 5.32 Å². The number of carbonyl (C=O) groups is 2. The lowest BCUT2D eigenvalue weighted by atomic mass is 10.0. The van der Waals surface area contributed by atoms with Gasteiger partial charge in [0.2, 0.25) is 0 Å². The first-order chi connectivity index (χ1) is 9.69. The number of nitrogens with one attached hydrogen (secondary N) is 1. The Kier molecular flexibility index (Phi) is 6.20. The molecule has 1 amide bonds. The van der Waals surface area contributed by atoms with Gasteiger partial charge in [-0.25, -0.2) is 9.59 Å². The molecule has 0 aromatic carbocycles. The molecule has 0 bridgehead atoms. The highest BCUT2D eigenvalue weighted by Gasteiger charge is 2.30. The van der Waals surface area contributed by atoms with Gasteiger partial charge < -0.3 is 19.9 Å². The topological polar surface area (TPSA) is 84.9 Å². The molecule has 0 heterocycles. The van der Waals surface area contributed by atoms with Crippen LogP contribution in [0.15, 0.2) is 12.2 Å². The number of amides is 1. The third-order valence-electron chi connectivity index (χ3n) is 3.01. The first kappa shape index (κ1) is 17.5. The maximum Gasteiger partial charge on any atom is 0.408 e. The monoisotopic (exact) mass is 299 g/mol. The van der Waals surface area contributed by atoms with Crippen LogP contribution in [0.3, 0.4) is 0 Å². The SMILES string of the molecule is C[C@@H](OC1C=CCCC1)[C@H](NC(=O)OC(C)(C)C)C(=O)O. The molecule has 1 rings (SSSR count). The Bertz CT molecular complexity index is 399. The Labute approximate surface area is 125 Å². The molecule has 21 heavy (non-hydrogen) atoms. The van der Waals surface area contributed by atoms with Gasteiger partial charge >= 0.3 is 12.1 Å². The molecule has 6 heteroatoms. The molecule has 0 spiro atoms. The third kappa shape index (κ3) is 6.62. The molecule has 1 unspecified atom stereocenters. The van der Waals surface area contributed by atoms with Crippen LogP contribution in [0.1, 0.15) is 47.0 Å². The molecule has 0 aliphatic heterocycles. The van der Waals surface area contributed by atoms with Crippen LogP contribution in [-0.2, 0) is 14.3 Å². The summed E-state index contributed by atoms with van der Waals surface area (Å²) in [5.74, 6) is -1.15. The van der Waals surface area contributed by atoms with E-state index in [1.807, 2.05) is 12.2 Å². The number of carbonyl (C=O) groups excluding carboxylic acids is 1. The van der Waals surface area contributed by atoms with Gasteiger partial charge in [-0.15, -0.1) is 0 Å². The first-order valence-electron chi connectivity index (χ1n) is 7.23. The third-order valence-corrected chi connectivity index (χ3v) is 3.01. The average molecular weight is 299 g/mol. The van der Waals surface area contributed by atoms with E-state index in [9.17, 15) is 14.7 Å². The van der Waals surface area contributed by atoms with Crippen LogP contribution >= 0.6 is 0 Å². The zero-order chi connectivity index (χ0) is 16.0. The minimum atomic E-state index is -1.15. The molecule has 2 N–H and O–H groups in total. The number of hydrogen-bond acceptors (Lipinski definition) is 4. The Morgan fingerprint density at radius 2 is 2.05 bits per heavy atom. The van der Waals surface area contributed by atoms with E-state index in [0.29, 0.717) is 0 Å². The van der Waals surface area contributed by atoms with Crippen LogP contribution in [0.25, 0.3) is 0 Å². The predicted octanol–water partition coefficient (Wildman–Crippen LogP) is 2.48. The average Bonchev–Trinajstić information content (AvgIpc) is 2.34. The minimum absolute atomic E-state index is 0.101. The molecule has 1 aliphatic rings. The van der Waals surface area contributed by atoms with E-state index < -0.39 is 29.8 Å². The lowest BCUT2D eigenvalue weighted by Gasteiger charge is -2.28. The zero-order valence-corrected chi connectivity index (χ0v) is 13.1. The van der Waals surface area contributed by atoms with Gasteiger partial charge in [0.25, 0.3) is 0 Å². The standard InChI is InChI=1S/C15H25NO5/c1-10(20-11-8-6-5-7-9-11)12(13(17)18)16-14(19)21-15(2,3)4/h6,8,10-12H,5,7,9H2,1-4H3,(H,16,19)(H,17,18)/t10-,11?,12+/m1/s1. The van der Waals surface area contributed by atoms with E-state index in [0.717, 1.165) is 19.3 Å². The number of rotatable bonds is 5. The maximum atomic E-state index is 11.7. The molecular weight excluding hydrogens is 274 g/mol. The zero-order valence-electron chi connectivity index (χ0n) is 13.1.